The van der Waals surface area contributed by atoms with Crippen molar-refractivity contribution in [1.82, 2.24) is 0 Å². The van der Waals surface area contributed by atoms with Crippen LogP contribution >= 0.6 is 22.6 Å². The maximum Gasteiger partial charge on any atom is 0.337 e. The van der Waals surface area contributed by atoms with Crippen LogP contribution in [0.15, 0.2) is 12.1 Å². The highest BCUT2D eigenvalue weighted by Gasteiger charge is 2.12. The van der Waals surface area contributed by atoms with Crippen LogP contribution in [-0.4, -0.2) is 17.5 Å². The molecule has 0 heterocycles. The lowest BCUT2D eigenvalue weighted by molar-refractivity contribution is -0.105. The summed E-state index contributed by atoms with van der Waals surface area (Å²) in [5.74, 6) is -1.05. The lowest BCUT2D eigenvalue weighted by Gasteiger charge is -2.08. The van der Waals surface area contributed by atoms with E-state index in [1.165, 1.54) is 6.07 Å². The van der Waals surface area contributed by atoms with Crippen molar-refractivity contribution in [2.45, 2.75) is 6.92 Å². The molecule has 0 saturated carbocycles. The second-order valence-corrected chi connectivity index (χ2v) is 3.96. The number of carboxylic acid groups (broad SMARTS) is 1. The molecule has 0 aromatic heterocycles. The van der Waals surface area contributed by atoms with Gasteiger partial charge in [0.1, 0.15) is 0 Å². The van der Waals surface area contributed by atoms with Crippen molar-refractivity contribution in [1.29, 1.82) is 0 Å². The molecule has 1 aromatic carbocycles. The summed E-state index contributed by atoms with van der Waals surface area (Å²) in [6, 6.07) is 3.32. The topological polar surface area (TPSA) is 66.4 Å². The zero-order valence-corrected chi connectivity index (χ0v) is 9.53. The number of rotatable bonds is 3. The van der Waals surface area contributed by atoms with E-state index in [4.69, 9.17) is 5.11 Å². The Morgan fingerprint density at radius 3 is 2.71 bits per heavy atom. The first-order valence-corrected chi connectivity index (χ1v) is 4.87. The van der Waals surface area contributed by atoms with Gasteiger partial charge in [-0.2, -0.15) is 0 Å². The standard InChI is InChI=1S/C9H8INO3/c1-5-2-6(10)3-7(9(13)14)8(5)11-4-12/h2-4H,1H3,(H,11,12)(H,13,14). The average molecular weight is 305 g/mol. The highest BCUT2D eigenvalue weighted by Crippen LogP contribution is 2.23. The molecule has 14 heavy (non-hydrogen) atoms. The third-order valence-electron chi connectivity index (χ3n) is 1.73. The Bertz CT molecular complexity index is 390. The number of carbonyl (C=O) groups excluding carboxylic acids is 1. The fourth-order valence-corrected chi connectivity index (χ4v) is 1.94. The van der Waals surface area contributed by atoms with E-state index in [1.807, 2.05) is 22.6 Å². The van der Waals surface area contributed by atoms with Gasteiger partial charge in [-0.1, -0.05) is 0 Å². The minimum absolute atomic E-state index is 0.113. The van der Waals surface area contributed by atoms with Crippen LogP contribution < -0.4 is 5.32 Å². The number of halogens is 1. The summed E-state index contributed by atoms with van der Waals surface area (Å²) in [7, 11) is 0. The monoisotopic (exact) mass is 305 g/mol. The minimum atomic E-state index is -1.05. The SMILES string of the molecule is Cc1cc(I)cc(C(=O)O)c1NC=O. The van der Waals surface area contributed by atoms with E-state index in [1.54, 1.807) is 13.0 Å². The van der Waals surface area contributed by atoms with Gasteiger partial charge in [-0.05, 0) is 47.2 Å². The predicted molar refractivity (Wildman–Crippen MR) is 60.5 cm³/mol. The van der Waals surface area contributed by atoms with Crippen molar-refractivity contribution < 1.29 is 14.7 Å². The smallest absolute Gasteiger partial charge is 0.337 e. The molecule has 0 spiro atoms. The molecule has 1 aromatic rings. The van der Waals surface area contributed by atoms with Crippen molar-refractivity contribution in [3.63, 3.8) is 0 Å². The summed E-state index contributed by atoms with van der Waals surface area (Å²) < 4.78 is 0.828. The van der Waals surface area contributed by atoms with Crippen LogP contribution in [0.25, 0.3) is 0 Å². The maximum absolute atomic E-state index is 10.8. The molecular formula is C9H8INO3. The molecule has 0 unspecified atom stereocenters. The predicted octanol–water partition coefficient (Wildman–Crippen LogP) is 1.87. The van der Waals surface area contributed by atoms with Gasteiger partial charge in [0.15, 0.2) is 0 Å². The van der Waals surface area contributed by atoms with Crippen LogP contribution in [0, 0.1) is 10.5 Å². The van der Waals surface area contributed by atoms with E-state index < -0.39 is 5.97 Å². The average Bonchev–Trinajstić information content (AvgIpc) is 2.09. The summed E-state index contributed by atoms with van der Waals surface area (Å²) in [4.78, 5) is 21.1. The number of hydrogen-bond donors (Lipinski definition) is 2. The zero-order chi connectivity index (χ0) is 10.7. The van der Waals surface area contributed by atoms with Crippen LogP contribution in [0.1, 0.15) is 15.9 Å². The second kappa shape index (κ2) is 4.41. The van der Waals surface area contributed by atoms with Crippen LogP contribution in [-0.2, 0) is 4.79 Å². The minimum Gasteiger partial charge on any atom is -0.478 e. The highest BCUT2D eigenvalue weighted by atomic mass is 127. The zero-order valence-electron chi connectivity index (χ0n) is 7.37. The van der Waals surface area contributed by atoms with Crippen molar-refractivity contribution in [3.8, 4) is 0 Å². The van der Waals surface area contributed by atoms with Crippen LogP contribution in [0.5, 0.6) is 0 Å². The Morgan fingerprint density at radius 2 is 2.21 bits per heavy atom. The van der Waals surface area contributed by atoms with Gasteiger partial charge in [-0.25, -0.2) is 4.79 Å². The van der Waals surface area contributed by atoms with E-state index in [0.717, 1.165) is 9.13 Å². The molecule has 1 amide bonds. The van der Waals surface area contributed by atoms with Gasteiger partial charge >= 0.3 is 5.97 Å². The Hall–Kier alpha value is -1.11. The number of carboxylic acids is 1. The quantitative estimate of drug-likeness (QED) is 0.662. The molecule has 0 aliphatic carbocycles. The third-order valence-corrected chi connectivity index (χ3v) is 2.36. The Morgan fingerprint density at radius 1 is 1.57 bits per heavy atom. The lowest BCUT2D eigenvalue weighted by Crippen LogP contribution is -2.07. The van der Waals surface area contributed by atoms with E-state index in [9.17, 15) is 9.59 Å². The summed E-state index contributed by atoms with van der Waals surface area (Å²) in [5.41, 5.74) is 1.20. The van der Waals surface area contributed by atoms with E-state index >= 15 is 0 Å². The number of hydrogen-bond acceptors (Lipinski definition) is 2. The number of nitrogens with one attached hydrogen (secondary N) is 1. The van der Waals surface area contributed by atoms with Crippen molar-refractivity contribution in [2.24, 2.45) is 0 Å². The van der Waals surface area contributed by atoms with E-state index in [-0.39, 0.29) is 5.56 Å². The summed E-state index contributed by atoms with van der Waals surface area (Å²) in [5, 5.41) is 11.3. The van der Waals surface area contributed by atoms with Crippen molar-refractivity contribution in [2.75, 3.05) is 5.32 Å². The summed E-state index contributed by atoms with van der Waals surface area (Å²) in [6.07, 6.45) is 0.474. The molecule has 0 atom stereocenters. The molecule has 4 nitrogen and oxygen atoms in total. The number of anilines is 1. The molecule has 0 aliphatic heterocycles. The normalized spacial score (nSPS) is 9.57. The molecule has 0 fully saturated rings. The van der Waals surface area contributed by atoms with Crippen molar-refractivity contribution in [3.05, 3.63) is 26.8 Å². The molecule has 1 rings (SSSR count). The second-order valence-electron chi connectivity index (χ2n) is 2.71. The molecule has 74 valence electrons. The number of amides is 1. The van der Waals surface area contributed by atoms with Crippen LogP contribution in [0.3, 0.4) is 0 Å². The van der Waals surface area contributed by atoms with E-state index in [0.29, 0.717) is 12.1 Å². The number of aromatic carboxylic acids is 1. The number of aryl methyl sites for hydroxylation is 1. The molecular weight excluding hydrogens is 297 g/mol. The van der Waals surface area contributed by atoms with Gasteiger partial charge in [0.05, 0.1) is 11.3 Å². The van der Waals surface area contributed by atoms with Gasteiger partial charge in [0.2, 0.25) is 6.41 Å². The van der Waals surface area contributed by atoms with Gasteiger partial charge in [0.25, 0.3) is 0 Å². The first-order valence-electron chi connectivity index (χ1n) is 3.80. The van der Waals surface area contributed by atoms with Gasteiger partial charge < -0.3 is 10.4 Å². The maximum atomic E-state index is 10.8. The van der Waals surface area contributed by atoms with Gasteiger partial charge in [-0.3, -0.25) is 4.79 Å². The van der Waals surface area contributed by atoms with E-state index in [2.05, 4.69) is 5.32 Å². The molecule has 5 heteroatoms. The van der Waals surface area contributed by atoms with Crippen molar-refractivity contribution >= 4 is 40.7 Å². The number of carbonyl (C=O) groups is 2. The Balaban J connectivity index is 3.35. The Labute approximate surface area is 94.5 Å². The molecule has 0 aliphatic rings. The highest BCUT2D eigenvalue weighted by molar-refractivity contribution is 14.1. The third kappa shape index (κ3) is 2.22. The summed E-state index contributed by atoms with van der Waals surface area (Å²) in [6.45, 7) is 1.75. The molecule has 0 saturated heterocycles. The molecule has 0 bridgehead atoms. The molecule has 0 radical (unpaired) electrons. The summed E-state index contributed by atoms with van der Waals surface area (Å²) >= 11 is 2.03. The Kier molecular flexibility index (Phi) is 3.45. The first kappa shape index (κ1) is 11.0. The molecule has 2 N–H and O–H groups in total. The largest absolute Gasteiger partial charge is 0.478 e. The van der Waals surface area contributed by atoms with Crippen LogP contribution in [0.4, 0.5) is 5.69 Å². The fraction of sp³-hybridized carbons (Fsp3) is 0.111. The van der Waals surface area contributed by atoms with Crippen LogP contribution in [0.2, 0.25) is 0 Å². The fourth-order valence-electron chi connectivity index (χ4n) is 1.16. The van der Waals surface area contributed by atoms with Gasteiger partial charge in [0, 0.05) is 3.57 Å². The first-order chi connectivity index (χ1) is 6.56. The van der Waals surface area contributed by atoms with Gasteiger partial charge in [-0.15, -0.1) is 0 Å². The lowest BCUT2D eigenvalue weighted by atomic mass is 10.1. The number of benzene rings is 1.